The van der Waals surface area contributed by atoms with E-state index < -0.39 is 0 Å². The molecule has 1 spiro atoms. The molecule has 1 amide bonds. The van der Waals surface area contributed by atoms with Gasteiger partial charge in [-0.3, -0.25) is 4.79 Å². The highest BCUT2D eigenvalue weighted by Crippen LogP contribution is 2.50. The number of hydrogen-bond donors (Lipinski definition) is 1. The van der Waals surface area contributed by atoms with E-state index in [2.05, 4.69) is 16.9 Å². The summed E-state index contributed by atoms with van der Waals surface area (Å²) < 4.78 is 7.65. The lowest BCUT2D eigenvalue weighted by molar-refractivity contribution is 0.0497. The number of likely N-dealkylation sites (tertiary alicyclic amines) is 2. The van der Waals surface area contributed by atoms with Crippen LogP contribution in [0.3, 0.4) is 0 Å². The molecular formula is C21H26N4O3. The Morgan fingerprint density at radius 2 is 2.11 bits per heavy atom. The Kier molecular flexibility index (Phi) is 4.17. The van der Waals surface area contributed by atoms with Crippen molar-refractivity contribution in [1.82, 2.24) is 19.4 Å². The van der Waals surface area contributed by atoms with Crippen LogP contribution in [0.1, 0.15) is 23.2 Å². The molecule has 0 radical (unpaired) electrons. The second-order valence-corrected chi connectivity index (χ2v) is 8.48. The van der Waals surface area contributed by atoms with Crippen LogP contribution in [0.2, 0.25) is 0 Å². The average molecular weight is 382 g/mol. The van der Waals surface area contributed by atoms with Gasteiger partial charge < -0.3 is 24.2 Å². The SMILES string of the molecule is CN1CCC2(CC1)CN(C(=O)c1cc(-n3ccnc3)ccc1O)[C@@H]1COC[C@@H]12. The summed E-state index contributed by atoms with van der Waals surface area (Å²) in [7, 11) is 2.16. The summed E-state index contributed by atoms with van der Waals surface area (Å²) in [6, 6.07) is 5.24. The maximum atomic E-state index is 13.5. The lowest BCUT2D eigenvalue weighted by Gasteiger charge is -2.40. The first-order chi connectivity index (χ1) is 13.6. The molecule has 0 aliphatic carbocycles. The molecule has 7 nitrogen and oxygen atoms in total. The zero-order chi connectivity index (χ0) is 19.3. The number of amides is 1. The van der Waals surface area contributed by atoms with Crippen molar-refractivity contribution in [2.75, 3.05) is 39.9 Å². The first kappa shape index (κ1) is 17.7. The minimum atomic E-state index is -0.101. The van der Waals surface area contributed by atoms with Crippen molar-refractivity contribution in [3.63, 3.8) is 0 Å². The van der Waals surface area contributed by atoms with E-state index in [1.165, 1.54) is 0 Å². The van der Waals surface area contributed by atoms with Crippen molar-refractivity contribution in [3.05, 3.63) is 42.5 Å². The van der Waals surface area contributed by atoms with Crippen LogP contribution >= 0.6 is 0 Å². The topological polar surface area (TPSA) is 70.8 Å². The number of carbonyl (C=O) groups is 1. The molecule has 1 N–H and O–H groups in total. The second kappa shape index (κ2) is 6.60. The first-order valence-corrected chi connectivity index (χ1v) is 9.96. The van der Waals surface area contributed by atoms with Crippen molar-refractivity contribution in [2.45, 2.75) is 18.9 Å². The number of fused-ring (bicyclic) bond motifs is 2. The van der Waals surface area contributed by atoms with E-state index in [0.717, 1.165) is 44.8 Å². The first-order valence-electron chi connectivity index (χ1n) is 9.96. The summed E-state index contributed by atoms with van der Waals surface area (Å²) in [5.74, 6) is 0.313. The van der Waals surface area contributed by atoms with E-state index in [-0.39, 0.29) is 23.1 Å². The zero-order valence-electron chi connectivity index (χ0n) is 16.1. The number of ether oxygens (including phenoxy) is 1. The third-order valence-corrected chi connectivity index (χ3v) is 6.98. The maximum Gasteiger partial charge on any atom is 0.258 e. The molecule has 3 aliphatic rings. The molecule has 0 saturated carbocycles. The fraction of sp³-hybridized carbons (Fsp3) is 0.524. The van der Waals surface area contributed by atoms with Gasteiger partial charge in [0.1, 0.15) is 5.75 Å². The molecule has 1 aromatic carbocycles. The molecule has 28 heavy (non-hydrogen) atoms. The van der Waals surface area contributed by atoms with Crippen LogP contribution in [0, 0.1) is 11.3 Å². The average Bonchev–Trinajstić information content (AvgIpc) is 3.43. The van der Waals surface area contributed by atoms with E-state index in [1.54, 1.807) is 30.7 Å². The predicted octanol–water partition coefficient (Wildman–Crippen LogP) is 1.76. The predicted molar refractivity (Wildman–Crippen MR) is 104 cm³/mol. The molecule has 2 aromatic rings. The highest BCUT2D eigenvalue weighted by molar-refractivity contribution is 5.98. The maximum absolute atomic E-state index is 13.5. The van der Waals surface area contributed by atoms with Gasteiger partial charge >= 0.3 is 0 Å². The third kappa shape index (κ3) is 2.72. The summed E-state index contributed by atoms with van der Waals surface area (Å²) in [5.41, 5.74) is 1.30. The number of hydrogen-bond acceptors (Lipinski definition) is 5. The summed E-state index contributed by atoms with van der Waals surface area (Å²) in [6.45, 7) is 4.21. The second-order valence-electron chi connectivity index (χ2n) is 8.48. The number of piperidine rings is 1. The van der Waals surface area contributed by atoms with Crippen LogP contribution < -0.4 is 0 Å². The molecule has 3 saturated heterocycles. The number of carbonyl (C=O) groups excluding carboxylic acids is 1. The van der Waals surface area contributed by atoms with Crippen molar-refractivity contribution < 1.29 is 14.6 Å². The summed E-state index contributed by atoms with van der Waals surface area (Å²) in [4.78, 5) is 21.9. The molecule has 7 heteroatoms. The highest BCUT2D eigenvalue weighted by Gasteiger charge is 2.56. The number of benzene rings is 1. The minimum Gasteiger partial charge on any atom is -0.507 e. The fourth-order valence-corrected chi connectivity index (χ4v) is 5.25. The highest BCUT2D eigenvalue weighted by atomic mass is 16.5. The lowest BCUT2D eigenvalue weighted by Crippen LogP contribution is -2.43. The van der Waals surface area contributed by atoms with E-state index in [4.69, 9.17) is 4.74 Å². The van der Waals surface area contributed by atoms with Crippen LogP contribution in [0.5, 0.6) is 5.75 Å². The van der Waals surface area contributed by atoms with Crippen LogP contribution in [0.15, 0.2) is 36.9 Å². The lowest BCUT2D eigenvalue weighted by atomic mass is 9.70. The third-order valence-electron chi connectivity index (χ3n) is 6.98. The van der Waals surface area contributed by atoms with Crippen LogP contribution in [0.25, 0.3) is 5.69 Å². The van der Waals surface area contributed by atoms with Crippen molar-refractivity contribution >= 4 is 5.91 Å². The Morgan fingerprint density at radius 3 is 2.86 bits per heavy atom. The molecular weight excluding hydrogens is 356 g/mol. The van der Waals surface area contributed by atoms with Crippen molar-refractivity contribution in [1.29, 1.82) is 0 Å². The Labute approximate surface area is 164 Å². The molecule has 0 unspecified atom stereocenters. The molecule has 2 atom stereocenters. The van der Waals surface area contributed by atoms with Gasteiger partial charge in [-0.15, -0.1) is 0 Å². The van der Waals surface area contributed by atoms with E-state index in [9.17, 15) is 9.90 Å². The number of aromatic hydroxyl groups is 1. The van der Waals surface area contributed by atoms with Gasteiger partial charge in [0, 0.05) is 30.5 Å². The molecule has 3 fully saturated rings. The van der Waals surface area contributed by atoms with E-state index in [0.29, 0.717) is 18.1 Å². The number of aromatic nitrogens is 2. The zero-order valence-corrected chi connectivity index (χ0v) is 16.1. The van der Waals surface area contributed by atoms with E-state index in [1.807, 2.05) is 15.7 Å². The molecule has 4 heterocycles. The summed E-state index contributed by atoms with van der Waals surface area (Å²) in [6.07, 6.45) is 7.40. The van der Waals surface area contributed by atoms with E-state index >= 15 is 0 Å². The molecule has 148 valence electrons. The van der Waals surface area contributed by atoms with Gasteiger partial charge in [0.2, 0.25) is 0 Å². The normalized spacial score (nSPS) is 26.7. The van der Waals surface area contributed by atoms with Crippen LogP contribution in [-0.2, 0) is 4.74 Å². The van der Waals surface area contributed by atoms with Gasteiger partial charge in [0.15, 0.2) is 0 Å². The Morgan fingerprint density at radius 1 is 1.29 bits per heavy atom. The fourth-order valence-electron chi connectivity index (χ4n) is 5.25. The minimum absolute atomic E-state index is 0.0219. The van der Waals surface area contributed by atoms with Gasteiger partial charge in [-0.2, -0.15) is 0 Å². The van der Waals surface area contributed by atoms with Gasteiger partial charge in [0.05, 0.1) is 31.1 Å². The van der Waals surface area contributed by atoms with Gasteiger partial charge in [0.25, 0.3) is 5.91 Å². The number of nitrogens with zero attached hydrogens (tertiary/aromatic N) is 4. The largest absolute Gasteiger partial charge is 0.507 e. The number of phenols is 1. The Hall–Kier alpha value is -2.38. The van der Waals surface area contributed by atoms with Gasteiger partial charge in [-0.05, 0) is 56.6 Å². The quantitative estimate of drug-likeness (QED) is 0.857. The molecule has 5 rings (SSSR count). The number of rotatable bonds is 2. The van der Waals surface area contributed by atoms with Crippen LogP contribution in [-0.4, -0.2) is 76.3 Å². The van der Waals surface area contributed by atoms with Crippen molar-refractivity contribution in [3.8, 4) is 11.4 Å². The Bertz CT molecular complexity index is 874. The number of phenolic OH excluding ortho intramolecular Hbond substituents is 1. The summed E-state index contributed by atoms with van der Waals surface area (Å²) in [5, 5.41) is 10.4. The molecule has 1 aromatic heterocycles. The van der Waals surface area contributed by atoms with Gasteiger partial charge in [-0.25, -0.2) is 4.98 Å². The Balaban J connectivity index is 1.46. The number of imidazole rings is 1. The molecule has 0 bridgehead atoms. The standard InChI is InChI=1S/C21H26N4O3/c1-23-7-4-21(5-8-23)13-25(18-12-28-11-17(18)21)20(27)16-10-15(2-3-19(16)26)24-9-6-22-14-24/h2-3,6,9-10,14,17-18,26H,4-5,7-8,11-13H2,1H3/t17-,18+/m0/s1. The van der Waals surface area contributed by atoms with Crippen LogP contribution in [0.4, 0.5) is 0 Å². The smallest absolute Gasteiger partial charge is 0.258 e. The van der Waals surface area contributed by atoms with Crippen molar-refractivity contribution in [2.24, 2.45) is 11.3 Å². The summed E-state index contributed by atoms with van der Waals surface area (Å²) >= 11 is 0. The molecule has 3 aliphatic heterocycles. The van der Waals surface area contributed by atoms with Gasteiger partial charge in [-0.1, -0.05) is 0 Å². The monoisotopic (exact) mass is 382 g/mol.